The van der Waals surface area contributed by atoms with Gasteiger partial charge >= 0.3 is 0 Å². The topological polar surface area (TPSA) is 0 Å². The Bertz CT molecular complexity index is 1740. The fourth-order valence-corrected chi connectivity index (χ4v) is 23.3. The maximum Gasteiger partial charge on any atom is -0.0246 e. The predicted octanol–water partition coefficient (Wildman–Crippen LogP) is 24.6. The third-order valence-corrected chi connectivity index (χ3v) is 27.9. The first-order valence-corrected chi connectivity index (χ1v) is 35.5. The lowest BCUT2D eigenvalue weighted by Gasteiger charge is -2.54. The van der Waals surface area contributed by atoms with Crippen LogP contribution in [0.4, 0.5) is 0 Å². The Balaban J connectivity index is 0.000000119. The second-order valence-corrected chi connectivity index (χ2v) is 39.4. The minimum absolute atomic E-state index is 0.554. The fourth-order valence-electron chi connectivity index (χ4n) is 23.3. The van der Waals surface area contributed by atoms with Gasteiger partial charge in [-0.05, 0) is 323 Å². The molecule has 0 aromatic heterocycles. The van der Waals surface area contributed by atoms with E-state index in [2.05, 4.69) is 145 Å². The molecule has 0 spiro atoms. The van der Waals surface area contributed by atoms with Crippen LogP contribution in [0.1, 0.15) is 338 Å². The summed E-state index contributed by atoms with van der Waals surface area (Å²) in [5, 5.41) is 0. The van der Waals surface area contributed by atoms with Crippen LogP contribution in [0, 0.1) is 149 Å². The zero-order valence-electron chi connectivity index (χ0n) is 56.5. The van der Waals surface area contributed by atoms with Gasteiger partial charge in [0.05, 0.1) is 0 Å². The van der Waals surface area contributed by atoms with Crippen LogP contribution in [0.3, 0.4) is 0 Å². The van der Waals surface area contributed by atoms with Crippen molar-refractivity contribution >= 4 is 0 Å². The molecule has 18 saturated carbocycles. The molecule has 0 aliphatic heterocycles. The lowest BCUT2D eigenvalue weighted by molar-refractivity contribution is -0.0316. The Labute approximate surface area is 484 Å². The van der Waals surface area contributed by atoms with Crippen molar-refractivity contribution in [2.45, 2.75) is 338 Å². The predicted molar refractivity (Wildman–Crippen MR) is 339 cm³/mol. The first kappa shape index (κ1) is 63.0. The van der Waals surface area contributed by atoms with E-state index in [4.69, 9.17) is 0 Å². The maximum absolute atomic E-state index is 2.44. The molecule has 18 fully saturated rings. The van der Waals surface area contributed by atoms with Gasteiger partial charge in [-0.15, -0.1) is 0 Å². The van der Waals surface area contributed by atoms with Crippen LogP contribution < -0.4 is 0 Å². The summed E-state index contributed by atoms with van der Waals surface area (Å²) < 4.78 is 0. The van der Waals surface area contributed by atoms with Gasteiger partial charge in [0, 0.05) is 0 Å². The van der Waals surface area contributed by atoms with Gasteiger partial charge in [0.1, 0.15) is 0 Å². The van der Waals surface area contributed by atoms with E-state index < -0.39 is 0 Å². The Morgan fingerprint density at radius 2 is 0.545 bits per heavy atom. The SMILES string of the molecule is CC(C)(C)C12CCC(CC1)C2.CC(C)(C)C12CCC(CC1)CC2.CC(C)(C)C1C2CCC1C2.CC(C)(C)C1C2CCC1CC2.CC(C)(C)C1CC2CC1C2.CC(C)(C)C1CC2CCC1C2.CC(C)(C)C1CC2CCC1CC2. The maximum atomic E-state index is 2.44. The van der Waals surface area contributed by atoms with E-state index in [0.29, 0.717) is 37.9 Å². The average molecular weight is 1070 g/mol. The number of rotatable bonds is 0. The number of fused-ring (bicyclic) bond motifs is 14. The summed E-state index contributed by atoms with van der Waals surface area (Å²) in [5.74, 6) is 18.5. The van der Waals surface area contributed by atoms with Gasteiger partial charge in [-0.2, -0.15) is 0 Å². The van der Waals surface area contributed by atoms with Gasteiger partial charge < -0.3 is 0 Å². The molecule has 18 rings (SSSR count). The fraction of sp³-hybridized carbons (Fsp3) is 1.00. The van der Waals surface area contributed by atoms with Crippen molar-refractivity contribution in [3.05, 3.63) is 0 Å². The second kappa shape index (κ2) is 23.5. The second-order valence-electron chi connectivity index (χ2n) is 39.4. The summed E-state index contributed by atoms with van der Waals surface area (Å²) in [7, 11) is 0. The molecule has 0 heteroatoms. The van der Waals surface area contributed by atoms with Gasteiger partial charge in [0.2, 0.25) is 0 Å². The van der Waals surface area contributed by atoms with E-state index in [-0.39, 0.29) is 0 Å². The molecule has 0 nitrogen and oxygen atoms in total. The quantitative estimate of drug-likeness (QED) is 0.227. The standard InChI is InChI=1S/2C12H22.3C11H20.2C10H18/c1-11(2,3)12-7-4-10(5-8-12)6-9-12;1-12(2,3)11-8-9-4-6-10(11)7-5-9;1-10(2,3)11-6-4-9(8-11)5-7-11;1-11(2,3)10-7-8-4-5-9(10)6-8;1-11(2,3)10-8-4-5-9(10)7-6-8;1-10(2,3)9-6-7-4-8(9)5-7;1-10(2,3)9-7-4-5-8(9)6-7/h10H,4-9H2,1-3H3;9-11H,4-8H2,1-3H3;9H,4-8H2,1-3H3;2*8-10H,4-7H2,1-3H3;2*7-9H,4-6H2,1-3H3. The summed E-state index contributed by atoms with van der Waals surface area (Å²) in [6, 6.07) is 0. The van der Waals surface area contributed by atoms with Crippen LogP contribution >= 0.6 is 0 Å². The third kappa shape index (κ3) is 14.6. The Morgan fingerprint density at radius 3 is 0.766 bits per heavy atom. The highest BCUT2D eigenvalue weighted by Gasteiger charge is 2.54. The summed E-state index contributed by atoms with van der Waals surface area (Å²) in [5.41, 5.74) is 5.53. The summed E-state index contributed by atoms with van der Waals surface area (Å²) in [4.78, 5) is 0. The summed E-state index contributed by atoms with van der Waals surface area (Å²) >= 11 is 0. The first-order chi connectivity index (χ1) is 35.5. The van der Waals surface area contributed by atoms with E-state index >= 15 is 0 Å². The smallest absolute Gasteiger partial charge is 0.0246 e. The molecule has 0 amide bonds. The molecular formula is C77H140. The van der Waals surface area contributed by atoms with Crippen LogP contribution in [-0.4, -0.2) is 0 Å². The molecular weight excluding hydrogens is 925 g/mol. The van der Waals surface area contributed by atoms with Crippen molar-refractivity contribution in [3.8, 4) is 0 Å². The molecule has 0 radical (unpaired) electrons. The molecule has 0 aromatic carbocycles. The van der Waals surface area contributed by atoms with E-state index in [1.807, 2.05) is 0 Å². The largest absolute Gasteiger partial charge is 0.0599 e. The van der Waals surface area contributed by atoms with Crippen LogP contribution in [0.15, 0.2) is 0 Å². The van der Waals surface area contributed by atoms with Crippen molar-refractivity contribution in [2.24, 2.45) is 149 Å². The van der Waals surface area contributed by atoms with E-state index in [0.717, 1.165) is 111 Å². The molecule has 7 unspecified atom stereocenters. The highest BCUT2D eigenvalue weighted by molar-refractivity contribution is 5.04. The zero-order chi connectivity index (χ0) is 56.5. The van der Waals surface area contributed by atoms with Crippen LogP contribution in [0.5, 0.6) is 0 Å². The Morgan fingerprint density at radius 1 is 0.221 bits per heavy atom. The highest BCUT2D eigenvalue weighted by Crippen LogP contribution is 2.64. The van der Waals surface area contributed by atoms with Crippen LogP contribution in [-0.2, 0) is 0 Å². The van der Waals surface area contributed by atoms with Crippen molar-refractivity contribution in [1.82, 2.24) is 0 Å². The molecule has 77 heavy (non-hydrogen) atoms. The third-order valence-electron chi connectivity index (χ3n) is 27.9. The van der Waals surface area contributed by atoms with Crippen molar-refractivity contribution in [1.29, 1.82) is 0 Å². The first-order valence-electron chi connectivity index (χ1n) is 35.5. The van der Waals surface area contributed by atoms with E-state index in [1.54, 1.807) is 25.7 Å². The molecule has 18 aliphatic rings. The zero-order valence-corrected chi connectivity index (χ0v) is 56.5. The van der Waals surface area contributed by atoms with Crippen molar-refractivity contribution in [2.75, 3.05) is 0 Å². The lowest BCUT2D eigenvalue weighted by Crippen LogP contribution is -2.43. The Hall–Kier alpha value is 0. The van der Waals surface area contributed by atoms with Crippen molar-refractivity contribution < 1.29 is 0 Å². The van der Waals surface area contributed by atoms with E-state index in [9.17, 15) is 0 Å². The Kier molecular flexibility index (Phi) is 19.2. The van der Waals surface area contributed by atoms with Gasteiger partial charge in [-0.25, -0.2) is 0 Å². The number of hydrogen-bond donors (Lipinski definition) is 0. The minimum atomic E-state index is 0.554. The molecule has 18 aliphatic carbocycles. The van der Waals surface area contributed by atoms with E-state index in [1.165, 1.54) is 167 Å². The molecule has 14 bridgehead atoms. The van der Waals surface area contributed by atoms with Gasteiger partial charge in [0.15, 0.2) is 0 Å². The molecule has 448 valence electrons. The van der Waals surface area contributed by atoms with Gasteiger partial charge in [0.25, 0.3) is 0 Å². The van der Waals surface area contributed by atoms with Crippen LogP contribution in [0.2, 0.25) is 0 Å². The molecule has 7 atom stereocenters. The van der Waals surface area contributed by atoms with Crippen molar-refractivity contribution in [3.63, 3.8) is 0 Å². The van der Waals surface area contributed by atoms with Crippen LogP contribution in [0.25, 0.3) is 0 Å². The average Bonchev–Trinajstić information content (AvgIpc) is 4.18. The van der Waals surface area contributed by atoms with Gasteiger partial charge in [-0.3, -0.25) is 0 Å². The molecule has 0 saturated heterocycles. The summed E-state index contributed by atoms with van der Waals surface area (Å²) in [6.45, 7) is 50.8. The summed E-state index contributed by atoms with van der Waals surface area (Å²) in [6.07, 6.45) is 46.0. The van der Waals surface area contributed by atoms with Gasteiger partial charge in [-0.1, -0.05) is 165 Å². The highest BCUT2D eigenvalue weighted by atomic mass is 14.6. The lowest BCUT2D eigenvalue weighted by atomic mass is 9.51. The molecule has 0 N–H and O–H groups in total. The minimum Gasteiger partial charge on any atom is -0.0599 e. The normalized spacial score (nSPS) is 43.4. The number of hydrogen-bond acceptors (Lipinski definition) is 0. The molecule has 0 aromatic rings. The molecule has 0 heterocycles. The monoisotopic (exact) mass is 1070 g/mol.